The van der Waals surface area contributed by atoms with Gasteiger partial charge in [0.1, 0.15) is 0 Å². The van der Waals surface area contributed by atoms with Crippen LogP contribution in [-0.4, -0.2) is 24.5 Å². The average molecular weight is 310 g/mol. The van der Waals surface area contributed by atoms with E-state index in [2.05, 4.69) is 10.5 Å². The van der Waals surface area contributed by atoms with E-state index in [1.54, 1.807) is 6.92 Å². The highest BCUT2D eigenvalue weighted by molar-refractivity contribution is 5.95. The lowest BCUT2D eigenvalue weighted by atomic mass is 10.0. The predicted molar refractivity (Wildman–Crippen MR) is 86.8 cm³/mol. The second-order valence-electron chi connectivity index (χ2n) is 5.09. The number of nitrogens with one attached hydrogen (secondary N) is 1. The first-order valence-corrected chi connectivity index (χ1v) is 7.56. The van der Waals surface area contributed by atoms with E-state index in [0.29, 0.717) is 12.5 Å². The lowest BCUT2D eigenvalue weighted by Crippen LogP contribution is -2.46. The van der Waals surface area contributed by atoms with Gasteiger partial charge in [-0.15, -0.1) is 5.10 Å². The minimum Gasteiger partial charge on any atom is -0.465 e. The summed E-state index contributed by atoms with van der Waals surface area (Å²) in [6, 6.07) is 18.5. The van der Waals surface area contributed by atoms with Gasteiger partial charge >= 0.3 is 5.97 Å². The Balaban J connectivity index is 1.91. The van der Waals surface area contributed by atoms with Gasteiger partial charge in [-0.05, 0) is 24.6 Å². The number of benzene rings is 2. The van der Waals surface area contributed by atoms with E-state index in [-0.39, 0.29) is 5.97 Å². The van der Waals surface area contributed by atoms with Gasteiger partial charge in [-0.25, -0.2) is 4.79 Å². The van der Waals surface area contributed by atoms with E-state index >= 15 is 0 Å². The molecule has 23 heavy (non-hydrogen) atoms. The van der Waals surface area contributed by atoms with Crippen LogP contribution in [0.1, 0.15) is 24.2 Å². The van der Waals surface area contributed by atoms with Crippen LogP contribution >= 0.6 is 0 Å². The summed E-state index contributed by atoms with van der Waals surface area (Å²) in [4.78, 5) is 12.2. The van der Waals surface area contributed by atoms with Crippen LogP contribution in [0.3, 0.4) is 0 Å². The molecule has 0 aliphatic carbocycles. The van der Waals surface area contributed by atoms with Crippen molar-refractivity contribution in [3.8, 4) is 0 Å². The largest absolute Gasteiger partial charge is 0.465 e. The zero-order valence-electron chi connectivity index (χ0n) is 12.8. The molecule has 2 aromatic carbocycles. The van der Waals surface area contributed by atoms with Crippen LogP contribution in [0.2, 0.25) is 0 Å². The molecule has 0 radical (unpaired) electrons. The van der Waals surface area contributed by atoms with Gasteiger partial charge in [0.2, 0.25) is 5.90 Å². The molecule has 2 aromatic rings. The topological polar surface area (TPSA) is 59.9 Å². The maximum absolute atomic E-state index is 12.2. The molecule has 0 spiro atoms. The van der Waals surface area contributed by atoms with Crippen LogP contribution in [0.5, 0.6) is 0 Å². The highest BCUT2D eigenvalue weighted by Gasteiger charge is 2.36. The number of ether oxygens (including phenoxy) is 2. The first-order chi connectivity index (χ1) is 11.3. The SMILES string of the molecule is CCOC(=O)[C@@H]1NN=C(c2ccccc2)O[C@H]1c1ccccc1. The molecular weight excluding hydrogens is 292 g/mol. The molecule has 3 rings (SSSR count). The van der Waals surface area contributed by atoms with Gasteiger partial charge in [0.15, 0.2) is 12.1 Å². The van der Waals surface area contributed by atoms with E-state index in [4.69, 9.17) is 9.47 Å². The molecule has 1 N–H and O–H groups in total. The Morgan fingerprint density at radius 1 is 1.13 bits per heavy atom. The molecular formula is C18H18N2O3. The number of hydrazone groups is 1. The Morgan fingerprint density at radius 3 is 2.43 bits per heavy atom. The lowest BCUT2D eigenvalue weighted by Gasteiger charge is -2.31. The number of rotatable bonds is 4. The molecule has 2 atom stereocenters. The van der Waals surface area contributed by atoms with Crippen molar-refractivity contribution in [3.63, 3.8) is 0 Å². The quantitative estimate of drug-likeness (QED) is 0.882. The van der Waals surface area contributed by atoms with Crippen molar-refractivity contribution in [1.82, 2.24) is 5.43 Å². The highest BCUT2D eigenvalue weighted by atomic mass is 16.5. The molecule has 0 amide bonds. The monoisotopic (exact) mass is 310 g/mol. The maximum Gasteiger partial charge on any atom is 0.334 e. The van der Waals surface area contributed by atoms with Crippen molar-refractivity contribution in [2.45, 2.75) is 19.1 Å². The standard InChI is InChI=1S/C18H18N2O3/c1-2-22-18(21)15-16(13-9-5-3-6-10-13)23-17(20-19-15)14-11-7-4-8-12-14/h3-12,15-16,19H,2H2,1H3/t15-,16+/m1/s1. The number of carbonyl (C=O) groups excluding carboxylic acids is 1. The van der Waals surface area contributed by atoms with Crippen molar-refractivity contribution in [2.24, 2.45) is 5.10 Å². The number of hydrogen-bond acceptors (Lipinski definition) is 5. The third kappa shape index (κ3) is 3.34. The van der Waals surface area contributed by atoms with Crippen LogP contribution < -0.4 is 5.43 Å². The summed E-state index contributed by atoms with van der Waals surface area (Å²) in [6.45, 7) is 2.09. The number of esters is 1. The van der Waals surface area contributed by atoms with Crippen LogP contribution in [0.15, 0.2) is 65.8 Å². The molecule has 0 saturated heterocycles. The van der Waals surface area contributed by atoms with Gasteiger partial charge in [-0.3, -0.25) is 5.43 Å². The van der Waals surface area contributed by atoms with Crippen LogP contribution in [0.25, 0.3) is 0 Å². The Morgan fingerprint density at radius 2 is 1.78 bits per heavy atom. The lowest BCUT2D eigenvalue weighted by molar-refractivity contribution is -0.149. The fraction of sp³-hybridized carbons (Fsp3) is 0.222. The molecule has 0 bridgehead atoms. The first-order valence-electron chi connectivity index (χ1n) is 7.56. The van der Waals surface area contributed by atoms with Gasteiger partial charge in [-0.2, -0.15) is 0 Å². The Labute approximate surface area is 134 Å². The van der Waals surface area contributed by atoms with Crippen LogP contribution in [-0.2, 0) is 14.3 Å². The van der Waals surface area contributed by atoms with E-state index in [1.807, 2.05) is 60.7 Å². The molecule has 118 valence electrons. The third-order valence-electron chi connectivity index (χ3n) is 3.54. The second kappa shape index (κ2) is 6.96. The maximum atomic E-state index is 12.2. The molecule has 0 fully saturated rings. The van der Waals surface area contributed by atoms with Crippen molar-refractivity contribution >= 4 is 11.9 Å². The Bertz CT molecular complexity index is 686. The van der Waals surface area contributed by atoms with Gasteiger partial charge in [0.05, 0.1) is 6.61 Å². The number of carbonyl (C=O) groups is 1. The molecule has 0 unspecified atom stereocenters. The zero-order chi connectivity index (χ0) is 16.1. The van der Waals surface area contributed by atoms with Crippen molar-refractivity contribution in [3.05, 3.63) is 71.8 Å². The van der Waals surface area contributed by atoms with E-state index < -0.39 is 12.1 Å². The third-order valence-corrected chi connectivity index (χ3v) is 3.54. The van der Waals surface area contributed by atoms with Crippen molar-refractivity contribution in [2.75, 3.05) is 6.61 Å². The summed E-state index contributed by atoms with van der Waals surface area (Å²) in [7, 11) is 0. The molecule has 0 aromatic heterocycles. The first kappa shape index (κ1) is 15.1. The molecule has 1 aliphatic heterocycles. The average Bonchev–Trinajstić information content (AvgIpc) is 2.63. The minimum absolute atomic E-state index is 0.313. The molecule has 1 heterocycles. The number of hydrogen-bond donors (Lipinski definition) is 1. The van der Waals surface area contributed by atoms with Crippen LogP contribution in [0, 0.1) is 0 Å². The molecule has 5 heteroatoms. The van der Waals surface area contributed by atoms with Gasteiger partial charge in [-0.1, -0.05) is 48.5 Å². The van der Waals surface area contributed by atoms with Crippen molar-refractivity contribution < 1.29 is 14.3 Å². The van der Waals surface area contributed by atoms with Crippen LogP contribution in [0.4, 0.5) is 0 Å². The van der Waals surface area contributed by atoms with E-state index in [1.165, 1.54) is 0 Å². The van der Waals surface area contributed by atoms with E-state index in [0.717, 1.165) is 11.1 Å². The Hall–Kier alpha value is -2.82. The summed E-state index contributed by atoms with van der Waals surface area (Å²) in [5, 5.41) is 4.20. The fourth-order valence-corrected chi connectivity index (χ4v) is 2.44. The minimum atomic E-state index is -0.676. The summed E-state index contributed by atoms with van der Waals surface area (Å²) < 4.78 is 11.1. The molecule has 0 saturated carbocycles. The van der Waals surface area contributed by atoms with Crippen molar-refractivity contribution in [1.29, 1.82) is 0 Å². The van der Waals surface area contributed by atoms with Gasteiger partial charge < -0.3 is 9.47 Å². The fourth-order valence-electron chi connectivity index (χ4n) is 2.44. The van der Waals surface area contributed by atoms with Gasteiger partial charge in [0, 0.05) is 5.56 Å². The normalized spacial score (nSPS) is 20.0. The summed E-state index contributed by atoms with van der Waals surface area (Å²) >= 11 is 0. The summed E-state index contributed by atoms with van der Waals surface area (Å²) in [6.07, 6.45) is -0.497. The van der Waals surface area contributed by atoms with Gasteiger partial charge in [0.25, 0.3) is 0 Å². The zero-order valence-corrected chi connectivity index (χ0v) is 12.8. The Kier molecular flexibility index (Phi) is 4.57. The highest BCUT2D eigenvalue weighted by Crippen LogP contribution is 2.27. The second-order valence-corrected chi connectivity index (χ2v) is 5.09. The van der Waals surface area contributed by atoms with E-state index in [9.17, 15) is 4.79 Å². The summed E-state index contributed by atoms with van der Waals surface area (Å²) in [5.41, 5.74) is 4.63. The molecule has 5 nitrogen and oxygen atoms in total. The summed E-state index contributed by atoms with van der Waals surface area (Å²) in [5.74, 6) is 0.0808. The predicted octanol–water partition coefficient (Wildman–Crippen LogP) is 2.64. The smallest absolute Gasteiger partial charge is 0.334 e. The number of nitrogens with zero attached hydrogens (tertiary/aromatic N) is 1. The molecule has 1 aliphatic rings.